The van der Waals surface area contributed by atoms with E-state index in [1.165, 1.54) is 26.7 Å². The molecule has 0 spiro atoms. The molecule has 0 aliphatic heterocycles. The fourth-order valence-corrected chi connectivity index (χ4v) is 5.14. The topological polar surface area (TPSA) is 118 Å². The van der Waals surface area contributed by atoms with E-state index < -0.39 is 11.9 Å². The highest BCUT2D eigenvalue weighted by Crippen LogP contribution is 2.35. The number of nitrogen functional groups attached to an aromatic ring is 1. The maximum Gasteiger partial charge on any atom is 0.332 e. The van der Waals surface area contributed by atoms with Crippen molar-refractivity contribution in [1.82, 2.24) is 4.57 Å². The van der Waals surface area contributed by atoms with E-state index in [0.29, 0.717) is 35.9 Å². The predicted octanol–water partition coefficient (Wildman–Crippen LogP) is 5.90. The molecule has 0 amide bonds. The van der Waals surface area contributed by atoms with E-state index in [1.807, 2.05) is 37.3 Å². The Bertz CT molecular complexity index is 1400. The van der Waals surface area contributed by atoms with Gasteiger partial charge in [0.2, 0.25) is 0 Å². The lowest BCUT2D eigenvalue weighted by Gasteiger charge is -2.13. The largest absolute Gasteiger partial charge is 0.475 e. The zero-order valence-electron chi connectivity index (χ0n) is 22.6. The molecule has 0 atom stereocenters. The molecule has 202 valence electrons. The molecule has 9 nitrogen and oxygen atoms in total. The van der Waals surface area contributed by atoms with Crippen LogP contribution in [0, 0.1) is 5.92 Å². The number of carbonyl (C=O) groups is 2. The molecule has 1 aliphatic carbocycles. The van der Waals surface area contributed by atoms with Crippen molar-refractivity contribution in [2.75, 3.05) is 12.3 Å². The molecule has 3 aromatic rings. The minimum Gasteiger partial charge on any atom is -0.475 e. The van der Waals surface area contributed by atoms with Gasteiger partial charge in [-0.1, -0.05) is 31.3 Å². The van der Waals surface area contributed by atoms with Crippen LogP contribution < -0.4 is 5.73 Å². The average Bonchev–Trinajstić information content (AvgIpc) is 3.52. The molecule has 0 radical (unpaired) electrons. The third-order valence-corrected chi connectivity index (χ3v) is 6.84. The van der Waals surface area contributed by atoms with Gasteiger partial charge in [0.1, 0.15) is 0 Å². The predicted molar refractivity (Wildman–Crippen MR) is 149 cm³/mol. The molecule has 1 fully saturated rings. The first-order chi connectivity index (χ1) is 18.3. The van der Waals surface area contributed by atoms with Crippen LogP contribution in [-0.2, 0) is 30.5 Å². The van der Waals surface area contributed by atoms with Gasteiger partial charge in [0.05, 0.1) is 23.5 Å². The normalized spacial score (nSPS) is 14.8. The van der Waals surface area contributed by atoms with E-state index in [0.717, 1.165) is 53.2 Å². The van der Waals surface area contributed by atoms with Crippen molar-refractivity contribution in [2.45, 2.75) is 72.8 Å². The molecule has 0 unspecified atom stereocenters. The second kappa shape index (κ2) is 12.1. The van der Waals surface area contributed by atoms with Crippen molar-refractivity contribution >= 4 is 51.0 Å². The van der Waals surface area contributed by atoms with Gasteiger partial charge in [-0.3, -0.25) is 0 Å². The van der Waals surface area contributed by atoms with Crippen LogP contribution >= 0.6 is 0 Å². The number of aryl methyl sites for hydroxylation is 1. The van der Waals surface area contributed by atoms with Crippen molar-refractivity contribution in [2.24, 2.45) is 16.2 Å². The molecule has 9 heteroatoms. The Balaban J connectivity index is 1.84. The number of oxime groups is 2. The molecule has 1 aromatic heterocycles. The standard InChI is InChI=1S/C29H36N4O5/c1-5-9-26(31-37-18(3)34)22-15-24-23-14-21(12-13-27(23)33(6-2)28(24)25(30)16-22)29(32-38-19(4)35)36-17-20-10-7-8-11-20/h12-16,20H,5-11,17,30H2,1-4H3/b31-26+,32-29-. The minimum atomic E-state index is -0.511. The number of nitrogens with zero attached hydrogens (tertiary/aromatic N) is 3. The Labute approximate surface area is 222 Å². The molecule has 1 heterocycles. The number of benzene rings is 2. The van der Waals surface area contributed by atoms with Crippen molar-refractivity contribution in [3.05, 3.63) is 41.5 Å². The van der Waals surface area contributed by atoms with E-state index in [2.05, 4.69) is 21.8 Å². The van der Waals surface area contributed by atoms with E-state index in [9.17, 15) is 9.59 Å². The SMILES string of the molecule is CCC/C(=N\OC(C)=O)c1cc(N)c2c(c1)c1cc(/C(=N/OC(C)=O)OCC3CCCC3)ccc1n2CC. The van der Waals surface area contributed by atoms with E-state index in [4.69, 9.17) is 20.1 Å². The smallest absolute Gasteiger partial charge is 0.332 e. The number of ether oxygens (including phenoxy) is 1. The number of nitrogens with two attached hydrogens (primary N) is 1. The average molecular weight is 521 g/mol. The van der Waals surface area contributed by atoms with Crippen LogP contribution in [0.5, 0.6) is 0 Å². The molecule has 38 heavy (non-hydrogen) atoms. The van der Waals surface area contributed by atoms with Gasteiger partial charge in [-0.05, 0) is 67.6 Å². The third-order valence-electron chi connectivity index (χ3n) is 6.84. The van der Waals surface area contributed by atoms with Gasteiger partial charge in [-0.25, -0.2) is 9.59 Å². The Kier molecular flexibility index (Phi) is 8.66. The molecule has 4 rings (SSSR count). The Morgan fingerprint density at radius 1 is 0.974 bits per heavy atom. The summed E-state index contributed by atoms with van der Waals surface area (Å²) in [5.74, 6) is -0.238. The highest BCUT2D eigenvalue weighted by molar-refractivity contribution is 6.16. The van der Waals surface area contributed by atoms with Crippen LogP contribution in [0.25, 0.3) is 21.8 Å². The van der Waals surface area contributed by atoms with Crippen molar-refractivity contribution in [1.29, 1.82) is 0 Å². The number of anilines is 1. The maximum absolute atomic E-state index is 11.5. The molecule has 2 aromatic carbocycles. The second-order valence-electron chi connectivity index (χ2n) is 9.75. The molecule has 0 bridgehead atoms. The maximum atomic E-state index is 11.5. The van der Waals surface area contributed by atoms with Crippen LogP contribution in [0.15, 0.2) is 40.6 Å². The molecule has 1 aliphatic rings. The first-order valence-corrected chi connectivity index (χ1v) is 13.3. The van der Waals surface area contributed by atoms with Crippen molar-refractivity contribution in [3.63, 3.8) is 0 Å². The molecular weight excluding hydrogens is 484 g/mol. The van der Waals surface area contributed by atoms with Crippen LogP contribution in [0.2, 0.25) is 0 Å². The van der Waals surface area contributed by atoms with E-state index in [1.54, 1.807) is 0 Å². The number of fused-ring (bicyclic) bond motifs is 3. The molecule has 2 N–H and O–H groups in total. The Morgan fingerprint density at radius 2 is 1.66 bits per heavy atom. The van der Waals surface area contributed by atoms with Crippen LogP contribution in [0.4, 0.5) is 5.69 Å². The summed E-state index contributed by atoms with van der Waals surface area (Å²) in [6, 6.07) is 9.84. The summed E-state index contributed by atoms with van der Waals surface area (Å²) >= 11 is 0. The summed E-state index contributed by atoms with van der Waals surface area (Å²) in [7, 11) is 0. The second-order valence-corrected chi connectivity index (χ2v) is 9.75. The summed E-state index contributed by atoms with van der Waals surface area (Å²) in [4.78, 5) is 32.9. The van der Waals surface area contributed by atoms with Crippen LogP contribution in [-0.4, -0.2) is 34.7 Å². The minimum absolute atomic E-state index is 0.276. The van der Waals surface area contributed by atoms with Gasteiger partial charge in [0.15, 0.2) is 0 Å². The van der Waals surface area contributed by atoms with Gasteiger partial charge >= 0.3 is 11.9 Å². The highest BCUT2D eigenvalue weighted by Gasteiger charge is 2.20. The van der Waals surface area contributed by atoms with Gasteiger partial charge < -0.3 is 24.7 Å². The Hall–Kier alpha value is -3.88. The lowest BCUT2D eigenvalue weighted by atomic mass is 10.0. The first-order valence-electron chi connectivity index (χ1n) is 13.3. The summed E-state index contributed by atoms with van der Waals surface area (Å²) in [6.07, 6.45) is 6.12. The number of aromatic nitrogens is 1. The van der Waals surface area contributed by atoms with Crippen LogP contribution in [0.3, 0.4) is 0 Å². The zero-order valence-corrected chi connectivity index (χ0v) is 22.6. The molecule has 1 saturated carbocycles. The lowest BCUT2D eigenvalue weighted by molar-refractivity contribution is -0.142. The quantitative estimate of drug-likeness (QED) is 0.123. The number of carbonyl (C=O) groups excluding carboxylic acids is 2. The third kappa shape index (κ3) is 5.98. The number of hydrogen-bond acceptors (Lipinski definition) is 8. The summed E-state index contributed by atoms with van der Waals surface area (Å²) in [6.45, 7) is 7.99. The van der Waals surface area contributed by atoms with E-state index in [-0.39, 0.29) is 5.90 Å². The number of rotatable bonds is 9. The fourth-order valence-electron chi connectivity index (χ4n) is 5.14. The van der Waals surface area contributed by atoms with Gasteiger partial charge in [-0.2, -0.15) is 0 Å². The van der Waals surface area contributed by atoms with E-state index >= 15 is 0 Å². The molecule has 0 saturated heterocycles. The summed E-state index contributed by atoms with van der Waals surface area (Å²) < 4.78 is 8.27. The van der Waals surface area contributed by atoms with Gasteiger partial charge in [0, 0.05) is 47.8 Å². The summed E-state index contributed by atoms with van der Waals surface area (Å²) in [5, 5.41) is 10.0. The van der Waals surface area contributed by atoms with Crippen molar-refractivity contribution < 1.29 is 24.0 Å². The number of hydrogen-bond donors (Lipinski definition) is 1. The zero-order chi connectivity index (χ0) is 27.2. The van der Waals surface area contributed by atoms with Gasteiger partial charge in [0.25, 0.3) is 5.90 Å². The van der Waals surface area contributed by atoms with Gasteiger partial charge in [-0.15, -0.1) is 0 Å². The molecular formula is C29H36N4O5. The Morgan fingerprint density at radius 3 is 2.32 bits per heavy atom. The summed E-state index contributed by atoms with van der Waals surface area (Å²) in [5.41, 5.74) is 11.3. The highest BCUT2D eigenvalue weighted by atomic mass is 16.7. The first kappa shape index (κ1) is 27.2. The van der Waals surface area contributed by atoms with Crippen LogP contribution in [0.1, 0.15) is 77.3 Å². The van der Waals surface area contributed by atoms with Crippen molar-refractivity contribution in [3.8, 4) is 0 Å². The lowest BCUT2D eigenvalue weighted by Crippen LogP contribution is -2.14. The monoisotopic (exact) mass is 520 g/mol. The fraction of sp³-hybridized carbons (Fsp3) is 0.448.